The van der Waals surface area contributed by atoms with Crippen LogP contribution in [0, 0.1) is 0 Å². The molecule has 0 unspecified atom stereocenters. The van der Waals surface area contributed by atoms with E-state index in [9.17, 15) is 12.9 Å². The molecule has 0 bridgehead atoms. The van der Waals surface area contributed by atoms with Gasteiger partial charge < -0.3 is 17.7 Å². The molecule has 0 aromatic heterocycles. The van der Waals surface area contributed by atoms with E-state index in [1.807, 2.05) is 30.3 Å². The van der Waals surface area contributed by atoms with Crippen LogP contribution in [-0.2, 0) is 11.3 Å². The van der Waals surface area contributed by atoms with Gasteiger partial charge in [-0.15, -0.1) is 5.98 Å². The van der Waals surface area contributed by atoms with Crippen molar-refractivity contribution in [2.75, 3.05) is 6.61 Å². The van der Waals surface area contributed by atoms with Crippen LogP contribution in [-0.4, -0.2) is 13.6 Å². The molecule has 0 N–H and O–H groups in total. The van der Waals surface area contributed by atoms with Gasteiger partial charge in [-0.3, -0.25) is 0 Å². The van der Waals surface area contributed by atoms with Crippen LogP contribution in [0.15, 0.2) is 42.4 Å². The molecule has 1 rings (SSSR count). The van der Waals surface area contributed by atoms with Gasteiger partial charge in [-0.05, 0) is 5.56 Å². The van der Waals surface area contributed by atoms with Crippen molar-refractivity contribution in [2.24, 2.45) is 0 Å². The maximum absolute atomic E-state index is 11.7. The van der Waals surface area contributed by atoms with E-state index in [0.29, 0.717) is 6.61 Å². The van der Waals surface area contributed by atoms with Crippen LogP contribution in [0.1, 0.15) is 5.56 Å². The third kappa shape index (κ3) is 8.55. The van der Waals surface area contributed by atoms with Crippen LogP contribution in [0.4, 0.5) is 12.9 Å². The molecular weight excluding hydrogens is 243 g/mol. The minimum Gasteiger partial charge on any atom is -0.445 e. The standard InChI is InChI=1S/C10H11BF3O.K/c12-11(13,14)7-4-8-15-9-10-5-2-1-3-6-10;/h1-7H,8-9H2;/q-1;+1/b7-4+;. The van der Waals surface area contributed by atoms with Gasteiger partial charge in [-0.25, -0.2) is 0 Å². The summed E-state index contributed by atoms with van der Waals surface area (Å²) in [7, 11) is 0. The number of hydrogen-bond donors (Lipinski definition) is 0. The van der Waals surface area contributed by atoms with Crippen molar-refractivity contribution in [2.45, 2.75) is 6.61 Å². The molecule has 16 heavy (non-hydrogen) atoms. The fraction of sp³-hybridized carbons (Fsp3) is 0.200. The van der Waals surface area contributed by atoms with Gasteiger partial charge in [0.05, 0.1) is 13.2 Å². The molecule has 1 aromatic carbocycles. The van der Waals surface area contributed by atoms with Gasteiger partial charge in [0.1, 0.15) is 0 Å². The molecule has 0 spiro atoms. The molecule has 0 heterocycles. The Morgan fingerprint density at radius 1 is 1.12 bits per heavy atom. The molecule has 0 amide bonds. The first kappa shape index (κ1) is 16.4. The average Bonchev–Trinajstić information content (AvgIpc) is 2.17. The zero-order chi connectivity index (χ0) is 11.1. The summed E-state index contributed by atoms with van der Waals surface area (Å²) in [5.41, 5.74) is 0.948. The summed E-state index contributed by atoms with van der Waals surface area (Å²) in [6, 6.07) is 9.30. The number of rotatable bonds is 5. The van der Waals surface area contributed by atoms with Crippen molar-refractivity contribution >= 4 is 6.98 Å². The van der Waals surface area contributed by atoms with E-state index >= 15 is 0 Å². The molecule has 0 radical (unpaired) electrons. The molecule has 0 fully saturated rings. The normalized spacial score (nSPS) is 11.4. The number of benzene rings is 1. The zero-order valence-electron chi connectivity index (χ0n) is 9.08. The van der Waals surface area contributed by atoms with Crippen LogP contribution >= 0.6 is 0 Å². The van der Waals surface area contributed by atoms with Gasteiger partial charge in [0.2, 0.25) is 0 Å². The Labute approximate surface area is 136 Å². The van der Waals surface area contributed by atoms with Gasteiger partial charge in [0.15, 0.2) is 0 Å². The van der Waals surface area contributed by atoms with E-state index < -0.39 is 6.98 Å². The van der Waals surface area contributed by atoms with Gasteiger partial charge in [-0.2, -0.15) is 0 Å². The largest absolute Gasteiger partial charge is 1.00 e. The van der Waals surface area contributed by atoms with Crippen molar-refractivity contribution in [1.82, 2.24) is 0 Å². The predicted molar refractivity (Wildman–Crippen MR) is 54.3 cm³/mol. The minimum atomic E-state index is -4.84. The van der Waals surface area contributed by atoms with E-state index in [2.05, 4.69) is 0 Å². The van der Waals surface area contributed by atoms with E-state index in [-0.39, 0.29) is 64.0 Å². The van der Waals surface area contributed by atoms with E-state index in [1.165, 1.54) is 0 Å². The van der Waals surface area contributed by atoms with Gasteiger partial charge in [0, 0.05) is 0 Å². The first-order chi connectivity index (χ1) is 7.08. The van der Waals surface area contributed by atoms with E-state index in [0.717, 1.165) is 11.6 Å². The summed E-state index contributed by atoms with van der Waals surface area (Å²) in [6.07, 6.45) is 0.989. The summed E-state index contributed by atoms with van der Waals surface area (Å²) in [5.74, 6) is 0.241. The number of hydrogen-bond acceptors (Lipinski definition) is 1. The summed E-state index contributed by atoms with van der Waals surface area (Å²) in [5, 5.41) is 0. The summed E-state index contributed by atoms with van der Waals surface area (Å²) < 4.78 is 40.2. The van der Waals surface area contributed by atoms with Crippen molar-refractivity contribution in [3.05, 3.63) is 47.9 Å². The summed E-state index contributed by atoms with van der Waals surface area (Å²) in [4.78, 5) is 0. The Kier molecular flexibility index (Phi) is 8.71. The van der Waals surface area contributed by atoms with Gasteiger partial charge >= 0.3 is 58.4 Å². The second-order valence-electron chi connectivity index (χ2n) is 3.05. The molecule has 0 atom stereocenters. The van der Waals surface area contributed by atoms with Crippen molar-refractivity contribution in [3.8, 4) is 0 Å². The average molecular weight is 254 g/mol. The first-order valence-corrected chi connectivity index (χ1v) is 4.57. The molecule has 0 aliphatic heterocycles. The van der Waals surface area contributed by atoms with Crippen LogP contribution in [0.5, 0.6) is 0 Å². The Morgan fingerprint density at radius 3 is 2.31 bits per heavy atom. The molecule has 0 aliphatic rings. The zero-order valence-corrected chi connectivity index (χ0v) is 12.2. The minimum absolute atomic E-state index is 0. The maximum atomic E-state index is 11.7. The Morgan fingerprint density at radius 2 is 1.75 bits per heavy atom. The van der Waals surface area contributed by atoms with Crippen LogP contribution in [0.3, 0.4) is 0 Å². The molecule has 82 valence electrons. The Hall–Kier alpha value is 0.411. The number of ether oxygens (including phenoxy) is 1. The maximum Gasteiger partial charge on any atom is 1.00 e. The molecular formula is C10H11BF3KO. The van der Waals surface area contributed by atoms with Crippen molar-refractivity contribution in [3.63, 3.8) is 0 Å². The van der Waals surface area contributed by atoms with E-state index in [1.54, 1.807) is 0 Å². The Bertz CT molecular complexity index is 314. The number of halogens is 3. The quantitative estimate of drug-likeness (QED) is 0.537. The van der Waals surface area contributed by atoms with Crippen LogP contribution < -0.4 is 51.4 Å². The smallest absolute Gasteiger partial charge is 0.445 e. The predicted octanol–water partition coefficient (Wildman–Crippen LogP) is 0.150. The van der Waals surface area contributed by atoms with Crippen molar-refractivity contribution < 1.29 is 69.1 Å². The fourth-order valence-electron chi connectivity index (χ4n) is 1.03. The Balaban J connectivity index is 0.00000225. The summed E-state index contributed by atoms with van der Waals surface area (Å²) >= 11 is 0. The third-order valence-corrected chi connectivity index (χ3v) is 1.68. The fourth-order valence-corrected chi connectivity index (χ4v) is 1.03. The monoisotopic (exact) mass is 254 g/mol. The van der Waals surface area contributed by atoms with Gasteiger partial charge in [0.25, 0.3) is 0 Å². The first-order valence-electron chi connectivity index (χ1n) is 4.57. The SMILES string of the molecule is F[B-](F)(F)/C=C/COCc1ccccc1.[K+]. The topological polar surface area (TPSA) is 9.23 Å². The molecule has 0 saturated heterocycles. The van der Waals surface area contributed by atoms with Crippen LogP contribution in [0.2, 0.25) is 0 Å². The molecule has 1 aromatic rings. The van der Waals surface area contributed by atoms with Crippen molar-refractivity contribution in [1.29, 1.82) is 0 Å². The third-order valence-electron chi connectivity index (χ3n) is 1.68. The molecule has 0 saturated carbocycles. The molecule has 6 heteroatoms. The van der Waals surface area contributed by atoms with E-state index in [4.69, 9.17) is 4.74 Å². The molecule has 0 aliphatic carbocycles. The second-order valence-corrected chi connectivity index (χ2v) is 3.05. The summed E-state index contributed by atoms with van der Waals surface area (Å²) in [6.45, 7) is -4.52. The van der Waals surface area contributed by atoms with Crippen LogP contribution in [0.25, 0.3) is 0 Å². The second kappa shape index (κ2) is 8.49. The molecule has 1 nitrogen and oxygen atoms in total. The van der Waals surface area contributed by atoms with Gasteiger partial charge in [-0.1, -0.05) is 36.4 Å².